The van der Waals surface area contributed by atoms with Gasteiger partial charge in [0.05, 0.1) is 18.8 Å². The minimum atomic E-state index is -0.144. The van der Waals surface area contributed by atoms with Gasteiger partial charge in [-0.2, -0.15) is 0 Å². The molecule has 2 N–H and O–H groups in total. The first kappa shape index (κ1) is 19.4. The van der Waals surface area contributed by atoms with Crippen molar-refractivity contribution in [3.63, 3.8) is 0 Å². The van der Waals surface area contributed by atoms with Gasteiger partial charge in [0.2, 0.25) is 0 Å². The van der Waals surface area contributed by atoms with Gasteiger partial charge in [-0.25, -0.2) is 4.68 Å². The van der Waals surface area contributed by atoms with E-state index < -0.39 is 0 Å². The number of methoxy groups -OCH3 is 1. The van der Waals surface area contributed by atoms with Crippen molar-refractivity contribution < 1.29 is 9.53 Å². The fourth-order valence-electron chi connectivity index (χ4n) is 3.49. The second kappa shape index (κ2) is 8.99. The maximum Gasteiger partial charge on any atom is 0.273 e. The SMILES string of the molecule is COc1ccc(CCC(C)NC(=O)c2nnn(C3CCNCC3)c2C)cc1. The number of rotatable bonds is 7. The van der Waals surface area contributed by atoms with E-state index in [0.29, 0.717) is 11.7 Å². The Morgan fingerprint density at radius 1 is 1.33 bits per heavy atom. The summed E-state index contributed by atoms with van der Waals surface area (Å²) < 4.78 is 7.09. The minimum absolute atomic E-state index is 0.0584. The highest BCUT2D eigenvalue weighted by molar-refractivity contribution is 5.93. The lowest BCUT2D eigenvalue weighted by atomic mass is 10.1. The lowest BCUT2D eigenvalue weighted by Gasteiger charge is -2.23. The Balaban J connectivity index is 1.54. The van der Waals surface area contributed by atoms with Crippen LogP contribution in [0.15, 0.2) is 24.3 Å². The maximum atomic E-state index is 12.6. The molecule has 2 aromatic rings. The number of hydrogen-bond donors (Lipinski definition) is 2. The van der Waals surface area contributed by atoms with Crippen molar-refractivity contribution in [1.82, 2.24) is 25.6 Å². The van der Waals surface area contributed by atoms with Crippen molar-refractivity contribution in [2.45, 2.75) is 51.6 Å². The van der Waals surface area contributed by atoms with Crippen molar-refractivity contribution in [3.8, 4) is 5.75 Å². The number of carbonyl (C=O) groups excluding carboxylic acids is 1. The Hall–Kier alpha value is -2.41. The number of nitrogens with zero attached hydrogens (tertiary/aromatic N) is 3. The van der Waals surface area contributed by atoms with Gasteiger partial charge in [-0.05, 0) is 70.3 Å². The zero-order valence-corrected chi connectivity index (χ0v) is 16.4. The summed E-state index contributed by atoms with van der Waals surface area (Å²) in [6.07, 6.45) is 3.79. The highest BCUT2D eigenvalue weighted by Gasteiger charge is 2.23. The van der Waals surface area contributed by atoms with Crippen LogP contribution < -0.4 is 15.4 Å². The number of benzene rings is 1. The van der Waals surface area contributed by atoms with E-state index in [2.05, 4.69) is 33.1 Å². The van der Waals surface area contributed by atoms with Crippen molar-refractivity contribution in [2.24, 2.45) is 0 Å². The predicted octanol–water partition coefficient (Wildman–Crippen LogP) is 2.27. The summed E-state index contributed by atoms with van der Waals surface area (Å²) in [4.78, 5) is 12.6. The molecule has 1 atom stereocenters. The monoisotopic (exact) mass is 371 g/mol. The third-order valence-corrected chi connectivity index (χ3v) is 5.20. The highest BCUT2D eigenvalue weighted by Crippen LogP contribution is 2.20. The summed E-state index contributed by atoms with van der Waals surface area (Å²) in [5, 5.41) is 14.8. The highest BCUT2D eigenvalue weighted by atomic mass is 16.5. The molecule has 1 aromatic carbocycles. The van der Waals surface area contributed by atoms with Crippen molar-refractivity contribution >= 4 is 5.91 Å². The average Bonchev–Trinajstić information content (AvgIpc) is 3.09. The number of nitrogens with one attached hydrogen (secondary N) is 2. The molecule has 0 bridgehead atoms. The maximum absolute atomic E-state index is 12.6. The molecule has 1 unspecified atom stereocenters. The lowest BCUT2D eigenvalue weighted by molar-refractivity contribution is 0.0932. The molecule has 0 aliphatic carbocycles. The van der Waals surface area contributed by atoms with E-state index in [9.17, 15) is 4.79 Å². The van der Waals surface area contributed by atoms with Gasteiger partial charge in [0, 0.05) is 6.04 Å². The Morgan fingerprint density at radius 3 is 2.70 bits per heavy atom. The molecule has 0 spiro atoms. The molecule has 1 aliphatic rings. The van der Waals surface area contributed by atoms with Crippen LogP contribution in [0, 0.1) is 6.92 Å². The van der Waals surface area contributed by atoms with Crippen LogP contribution in [0.5, 0.6) is 5.75 Å². The van der Waals surface area contributed by atoms with Gasteiger partial charge in [0.1, 0.15) is 5.75 Å². The Morgan fingerprint density at radius 2 is 2.04 bits per heavy atom. The summed E-state index contributed by atoms with van der Waals surface area (Å²) in [5.74, 6) is 0.710. The Labute approximate surface area is 160 Å². The van der Waals surface area contributed by atoms with Gasteiger partial charge in [0.25, 0.3) is 5.91 Å². The molecular weight excluding hydrogens is 342 g/mol. The van der Waals surface area contributed by atoms with Gasteiger partial charge in [0.15, 0.2) is 5.69 Å². The molecule has 7 nitrogen and oxygen atoms in total. The van der Waals surface area contributed by atoms with Gasteiger partial charge < -0.3 is 15.4 Å². The summed E-state index contributed by atoms with van der Waals surface area (Å²) in [5.41, 5.74) is 2.51. The van der Waals surface area contributed by atoms with Crippen LogP contribution in [0.25, 0.3) is 0 Å². The molecule has 2 heterocycles. The topological polar surface area (TPSA) is 81.1 Å². The third kappa shape index (κ3) is 4.86. The summed E-state index contributed by atoms with van der Waals surface area (Å²) in [6.45, 7) is 5.91. The fourth-order valence-corrected chi connectivity index (χ4v) is 3.49. The van der Waals surface area contributed by atoms with Gasteiger partial charge in [-0.3, -0.25) is 4.79 Å². The third-order valence-electron chi connectivity index (χ3n) is 5.20. The quantitative estimate of drug-likeness (QED) is 0.780. The molecule has 1 aliphatic heterocycles. The zero-order valence-electron chi connectivity index (χ0n) is 16.4. The van der Waals surface area contributed by atoms with E-state index in [1.165, 1.54) is 5.56 Å². The van der Waals surface area contributed by atoms with Gasteiger partial charge in [-0.1, -0.05) is 17.3 Å². The molecule has 1 saturated heterocycles. The van der Waals surface area contributed by atoms with E-state index in [1.807, 2.05) is 30.7 Å². The average molecular weight is 371 g/mol. The molecule has 0 saturated carbocycles. The number of aryl methyl sites for hydroxylation is 1. The molecule has 27 heavy (non-hydrogen) atoms. The first-order valence-electron chi connectivity index (χ1n) is 9.64. The van der Waals surface area contributed by atoms with E-state index in [1.54, 1.807) is 7.11 Å². The molecule has 1 amide bonds. The predicted molar refractivity (Wildman–Crippen MR) is 104 cm³/mol. The molecule has 7 heteroatoms. The van der Waals surface area contributed by atoms with Crippen molar-refractivity contribution in [3.05, 3.63) is 41.2 Å². The Kier molecular flexibility index (Phi) is 6.45. The van der Waals surface area contributed by atoms with Crippen molar-refractivity contribution in [2.75, 3.05) is 20.2 Å². The summed E-state index contributed by atoms with van der Waals surface area (Å²) in [6, 6.07) is 8.42. The summed E-state index contributed by atoms with van der Waals surface area (Å²) in [7, 11) is 1.66. The molecule has 1 fully saturated rings. The lowest BCUT2D eigenvalue weighted by Crippen LogP contribution is -2.34. The van der Waals surface area contributed by atoms with Crippen LogP contribution in [-0.2, 0) is 6.42 Å². The second-order valence-corrected chi connectivity index (χ2v) is 7.21. The molecule has 146 valence electrons. The molecule has 0 radical (unpaired) electrons. The minimum Gasteiger partial charge on any atom is -0.497 e. The second-order valence-electron chi connectivity index (χ2n) is 7.21. The van der Waals surface area contributed by atoms with Crippen LogP contribution in [0.2, 0.25) is 0 Å². The number of hydrogen-bond acceptors (Lipinski definition) is 5. The van der Waals surface area contributed by atoms with Gasteiger partial charge >= 0.3 is 0 Å². The van der Waals surface area contributed by atoms with Crippen LogP contribution in [0.4, 0.5) is 0 Å². The first-order valence-corrected chi connectivity index (χ1v) is 9.64. The first-order chi connectivity index (χ1) is 13.1. The molecular formula is C20H29N5O2. The van der Waals surface area contributed by atoms with Gasteiger partial charge in [-0.15, -0.1) is 5.10 Å². The largest absolute Gasteiger partial charge is 0.497 e. The summed E-state index contributed by atoms with van der Waals surface area (Å²) >= 11 is 0. The number of aromatic nitrogens is 3. The molecule has 3 rings (SSSR count). The standard InChI is InChI=1S/C20H29N5O2/c1-14(4-5-16-6-8-18(27-3)9-7-16)22-20(26)19-15(2)25(24-23-19)17-10-12-21-13-11-17/h6-9,14,17,21H,4-5,10-13H2,1-3H3,(H,22,26). The van der Waals surface area contributed by atoms with Crippen LogP contribution in [0.1, 0.15) is 54.0 Å². The fraction of sp³-hybridized carbons (Fsp3) is 0.550. The smallest absolute Gasteiger partial charge is 0.273 e. The van der Waals surface area contributed by atoms with Crippen molar-refractivity contribution in [1.29, 1.82) is 0 Å². The van der Waals surface area contributed by atoms with Crippen LogP contribution >= 0.6 is 0 Å². The van der Waals surface area contributed by atoms with E-state index in [4.69, 9.17) is 4.74 Å². The number of ether oxygens (including phenoxy) is 1. The number of piperidine rings is 1. The normalized spacial score (nSPS) is 16.1. The van der Waals surface area contributed by atoms with Crippen LogP contribution in [-0.4, -0.2) is 47.1 Å². The Bertz CT molecular complexity index is 750. The van der Waals surface area contributed by atoms with Crippen LogP contribution in [0.3, 0.4) is 0 Å². The zero-order chi connectivity index (χ0) is 19.2. The van der Waals surface area contributed by atoms with E-state index in [-0.39, 0.29) is 11.9 Å². The van der Waals surface area contributed by atoms with E-state index >= 15 is 0 Å². The number of carbonyl (C=O) groups is 1. The molecule has 1 aromatic heterocycles. The van der Waals surface area contributed by atoms with E-state index in [0.717, 1.165) is 50.2 Å². The number of amides is 1.